The molecule has 0 aliphatic rings. The highest BCUT2D eigenvalue weighted by molar-refractivity contribution is 5.92. The Kier molecular flexibility index (Phi) is 4.68. The third-order valence-corrected chi connectivity index (χ3v) is 3.01. The van der Waals surface area contributed by atoms with Crippen LogP contribution in [0, 0.1) is 23.3 Å². The van der Waals surface area contributed by atoms with Crippen LogP contribution in [0.5, 0.6) is 5.75 Å². The van der Waals surface area contributed by atoms with Crippen molar-refractivity contribution in [2.45, 2.75) is 0 Å². The molecule has 0 heterocycles. The number of rotatable bonds is 4. The second-order valence-electron chi connectivity index (χ2n) is 4.48. The largest absolute Gasteiger partial charge is 0.477 e. The molecule has 1 N–H and O–H groups in total. The highest BCUT2D eigenvalue weighted by Gasteiger charge is 2.31. The zero-order valence-corrected chi connectivity index (χ0v) is 11.8. The zero-order valence-electron chi connectivity index (χ0n) is 11.8. The number of esters is 1. The van der Waals surface area contributed by atoms with Gasteiger partial charge in [-0.15, -0.1) is 0 Å². The number of hydrogen-bond acceptors (Lipinski definition) is 3. The summed E-state index contributed by atoms with van der Waals surface area (Å²) in [5, 5.41) is 8.57. The minimum atomic E-state index is -2.21. The molecule has 0 fully saturated rings. The van der Waals surface area contributed by atoms with E-state index in [1.165, 1.54) is 30.3 Å². The van der Waals surface area contributed by atoms with Gasteiger partial charge in [0.15, 0.2) is 11.6 Å². The van der Waals surface area contributed by atoms with Gasteiger partial charge in [-0.2, -0.15) is 8.78 Å². The lowest BCUT2D eigenvalue weighted by molar-refractivity contribution is 0.0682. The van der Waals surface area contributed by atoms with Crippen molar-refractivity contribution in [3.63, 3.8) is 0 Å². The highest BCUT2D eigenvalue weighted by Crippen LogP contribution is 2.30. The Bertz CT molecular complexity index is 815. The molecule has 0 aromatic heterocycles. The number of carbonyl (C=O) groups excluding carboxylic acids is 1. The quantitative estimate of drug-likeness (QED) is 0.398. The van der Waals surface area contributed by atoms with Gasteiger partial charge in [-0.25, -0.2) is 18.4 Å². The standard InChI is InChI=1S/C16H8F4O4/c1-2-7-3-5-8(6-4-7)16(23)24-14-12(19)10(17)9(15(21)22)11(18)13(14)20/h2-6H,1H2,(H,21,22). The Hall–Kier alpha value is -3.16. The maximum absolute atomic E-state index is 13.7. The van der Waals surface area contributed by atoms with Gasteiger partial charge in [-0.3, -0.25) is 0 Å². The minimum Gasteiger partial charge on any atom is -0.477 e. The Labute approximate surface area is 132 Å². The summed E-state index contributed by atoms with van der Waals surface area (Å²) in [5.74, 6) is -13.7. The van der Waals surface area contributed by atoms with Crippen molar-refractivity contribution in [2.75, 3.05) is 0 Å². The number of ether oxygens (including phenoxy) is 1. The molecule has 2 rings (SSSR count). The van der Waals surface area contributed by atoms with E-state index in [9.17, 15) is 27.2 Å². The van der Waals surface area contributed by atoms with Crippen LogP contribution in [0.3, 0.4) is 0 Å². The lowest BCUT2D eigenvalue weighted by atomic mass is 10.1. The molecule has 124 valence electrons. The second kappa shape index (κ2) is 6.53. The van der Waals surface area contributed by atoms with Crippen LogP contribution in [0.15, 0.2) is 30.8 Å². The van der Waals surface area contributed by atoms with Crippen molar-refractivity contribution in [1.82, 2.24) is 0 Å². The van der Waals surface area contributed by atoms with Gasteiger partial charge in [0.25, 0.3) is 0 Å². The lowest BCUT2D eigenvalue weighted by Gasteiger charge is -2.10. The van der Waals surface area contributed by atoms with Crippen LogP contribution >= 0.6 is 0 Å². The maximum atomic E-state index is 13.7. The number of carboxylic acid groups (broad SMARTS) is 1. The first-order valence-corrected chi connectivity index (χ1v) is 6.31. The van der Waals surface area contributed by atoms with Gasteiger partial charge in [0.05, 0.1) is 5.56 Å². The van der Waals surface area contributed by atoms with Gasteiger partial charge in [-0.05, 0) is 17.7 Å². The van der Waals surface area contributed by atoms with Gasteiger partial charge < -0.3 is 9.84 Å². The summed E-state index contributed by atoms with van der Waals surface area (Å²) in [6.45, 7) is 3.49. The molecule has 0 atom stereocenters. The molecular weight excluding hydrogens is 332 g/mol. The van der Waals surface area contributed by atoms with E-state index < -0.39 is 46.5 Å². The van der Waals surface area contributed by atoms with Gasteiger partial charge in [0.2, 0.25) is 17.4 Å². The molecule has 0 unspecified atom stereocenters. The Morgan fingerprint density at radius 3 is 1.88 bits per heavy atom. The molecule has 0 aliphatic heterocycles. The third-order valence-electron chi connectivity index (χ3n) is 3.01. The van der Waals surface area contributed by atoms with Crippen molar-refractivity contribution >= 4 is 18.0 Å². The molecule has 0 saturated heterocycles. The van der Waals surface area contributed by atoms with E-state index in [-0.39, 0.29) is 5.56 Å². The second-order valence-corrected chi connectivity index (χ2v) is 4.48. The number of aromatic carboxylic acids is 1. The fraction of sp³-hybridized carbons (Fsp3) is 0. The normalized spacial score (nSPS) is 10.3. The van der Waals surface area contributed by atoms with Crippen molar-refractivity contribution in [1.29, 1.82) is 0 Å². The van der Waals surface area contributed by atoms with Gasteiger partial charge in [0, 0.05) is 0 Å². The SMILES string of the molecule is C=Cc1ccc(C(=O)Oc2c(F)c(F)c(C(=O)O)c(F)c2F)cc1. The highest BCUT2D eigenvalue weighted by atomic mass is 19.2. The number of benzene rings is 2. The number of halogens is 4. The Morgan fingerprint density at radius 1 is 0.958 bits per heavy atom. The summed E-state index contributed by atoms with van der Waals surface area (Å²) in [6, 6.07) is 5.39. The van der Waals surface area contributed by atoms with Crippen LogP contribution < -0.4 is 4.74 Å². The first-order chi connectivity index (χ1) is 11.3. The van der Waals surface area contributed by atoms with E-state index in [0.717, 1.165) is 0 Å². The van der Waals surface area contributed by atoms with E-state index >= 15 is 0 Å². The predicted molar refractivity (Wildman–Crippen MR) is 74.7 cm³/mol. The zero-order chi connectivity index (χ0) is 18.0. The van der Waals surface area contributed by atoms with E-state index in [4.69, 9.17) is 5.11 Å². The molecule has 0 amide bonds. The van der Waals surface area contributed by atoms with Crippen LogP contribution in [-0.4, -0.2) is 17.0 Å². The molecule has 0 aliphatic carbocycles. The summed E-state index contributed by atoms with van der Waals surface area (Å²) < 4.78 is 58.9. The fourth-order valence-corrected chi connectivity index (χ4v) is 1.80. The van der Waals surface area contributed by atoms with Crippen molar-refractivity contribution < 1.29 is 37.0 Å². The molecule has 2 aromatic carbocycles. The Morgan fingerprint density at radius 2 is 1.46 bits per heavy atom. The molecule has 0 radical (unpaired) electrons. The third kappa shape index (κ3) is 2.98. The average Bonchev–Trinajstić information content (AvgIpc) is 2.56. The van der Waals surface area contributed by atoms with Crippen molar-refractivity contribution in [3.05, 3.63) is 70.8 Å². The van der Waals surface area contributed by atoms with Crippen molar-refractivity contribution in [3.8, 4) is 5.75 Å². The van der Waals surface area contributed by atoms with E-state index in [1.54, 1.807) is 0 Å². The smallest absolute Gasteiger partial charge is 0.343 e. The molecule has 0 bridgehead atoms. The minimum absolute atomic E-state index is 0.150. The number of carbonyl (C=O) groups is 2. The van der Waals surface area contributed by atoms with Gasteiger partial charge in [-0.1, -0.05) is 24.8 Å². The van der Waals surface area contributed by atoms with E-state index in [1.807, 2.05) is 0 Å². The molecule has 24 heavy (non-hydrogen) atoms. The number of carboxylic acids is 1. The van der Waals surface area contributed by atoms with Crippen LogP contribution in [0.2, 0.25) is 0 Å². The van der Waals surface area contributed by atoms with Crippen LogP contribution in [0.4, 0.5) is 17.6 Å². The van der Waals surface area contributed by atoms with Gasteiger partial charge in [0.1, 0.15) is 5.56 Å². The summed E-state index contributed by atoms with van der Waals surface area (Å²) in [4.78, 5) is 22.5. The topological polar surface area (TPSA) is 63.6 Å². The molecule has 0 saturated carbocycles. The van der Waals surface area contributed by atoms with Crippen LogP contribution in [0.1, 0.15) is 26.3 Å². The van der Waals surface area contributed by atoms with Crippen LogP contribution in [0.25, 0.3) is 6.08 Å². The Balaban J connectivity index is 2.44. The van der Waals surface area contributed by atoms with Gasteiger partial charge >= 0.3 is 11.9 Å². The van der Waals surface area contributed by atoms with E-state index in [2.05, 4.69) is 11.3 Å². The summed E-state index contributed by atoms with van der Waals surface area (Å²) in [5.41, 5.74) is -1.32. The lowest BCUT2D eigenvalue weighted by Crippen LogP contribution is -2.16. The predicted octanol–water partition coefficient (Wildman–Crippen LogP) is 3.80. The molecule has 0 spiro atoms. The first-order valence-electron chi connectivity index (χ1n) is 6.31. The summed E-state index contributed by atoms with van der Waals surface area (Å²) in [7, 11) is 0. The van der Waals surface area contributed by atoms with Crippen LogP contribution in [-0.2, 0) is 0 Å². The fourth-order valence-electron chi connectivity index (χ4n) is 1.80. The molecule has 8 heteroatoms. The van der Waals surface area contributed by atoms with Crippen molar-refractivity contribution in [2.24, 2.45) is 0 Å². The molecule has 2 aromatic rings. The van der Waals surface area contributed by atoms with E-state index in [0.29, 0.717) is 5.56 Å². The maximum Gasteiger partial charge on any atom is 0.343 e. The number of hydrogen-bond donors (Lipinski definition) is 1. The molecule has 4 nitrogen and oxygen atoms in total. The average molecular weight is 340 g/mol. The summed E-state index contributed by atoms with van der Waals surface area (Å²) in [6.07, 6.45) is 1.48. The first kappa shape index (κ1) is 17.2. The summed E-state index contributed by atoms with van der Waals surface area (Å²) >= 11 is 0. The monoisotopic (exact) mass is 340 g/mol. The molecular formula is C16H8F4O4.